The molecule has 0 radical (unpaired) electrons. The van der Waals surface area contributed by atoms with E-state index in [0.29, 0.717) is 0 Å². The normalized spacial score (nSPS) is 53.8. The van der Waals surface area contributed by atoms with E-state index in [0.717, 1.165) is 0 Å². The fourth-order valence-electron chi connectivity index (χ4n) is 5.70. The number of hydrogen-bond acceptors (Lipinski definition) is 19. The summed E-state index contributed by atoms with van der Waals surface area (Å²) in [5.41, 5.74) is 29.6. The Bertz CT molecular complexity index is 866. The summed E-state index contributed by atoms with van der Waals surface area (Å²) in [6.45, 7) is -1.07. The number of ether oxygens (including phenoxy) is 6. The van der Waals surface area contributed by atoms with Gasteiger partial charge in [-0.2, -0.15) is 0 Å². The molecule has 3 aliphatic heterocycles. The molecule has 3 heterocycles. The van der Waals surface area contributed by atoms with Crippen molar-refractivity contribution in [2.24, 2.45) is 28.7 Å². The molecule has 42 heavy (non-hydrogen) atoms. The molecule has 19 nitrogen and oxygen atoms in total. The van der Waals surface area contributed by atoms with E-state index in [1.165, 1.54) is 0 Å². The van der Waals surface area contributed by atoms with Gasteiger partial charge < -0.3 is 97.9 Å². The summed E-state index contributed by atoms with van der Waals surface area (Å²) in [7, 11) is 0. The van der Waals surface area contributed by atoms with Gasteiger partial charge in [-0.3, -0.25) is 0 Å². The van der Waals surface area contributed by atoms with E-state index in [1.54, 1.807) is 0 Å². The average Bonchev–Trinajstić information content (AvgIpc) is 3.27. The van der Waals surface area contributed by atoms with Crippen LogP contribution in [-0.2, 0) is 28.4 Å². The summed E-state index contributed by atoms with van der Waals surface area (Å²) in [6, 6.07) is -2.99. The molecule has 0 amide bonds. The zero-order valence-corrected chi connectivity index (χ0v) is 22.7. The quantitative estimate of drug-likeness (QED) is 0.114. The van der Waals surface area contributed by atoms with Gasteiger partial charge in [-0.1, -0.05) is 0 Å². The molecule has 19 atom stereocenters. The molecule has 19 heteroatoms. The molecule has 1 saturated carbocycles. The standard InChI is InChI=1S/C23H45N5O14/c24-2-7-12(31)14(33)10(28)21(37-7)40-18-6(27)1-5(26)11(30)20(18)42-23-17(36)19(9(4-29)39-23)41-22-16(35)15(34)13(32)8(3-25)38-22/h5-23,29-36H,1-4,24-28H2. The highest BCUT2D eigenvalue weighted by Crippen LogP contribution is 2.34. The van der Waals surface area contributed by atoms with Crippen LogP contribution in [0.1, 0.15) is 6.42 Å². The Morgan fingerprint density at radius 3 is 1.62 bits per heavy atom. The Kier molecular flexibility index (Phi) is 11.5. The number of aliphatic hydroxyl groups is 8. The zero-order chi connectivity index (χ0) is 31.0. The lowest BCUT2D eigenvalue weighted by atomic mass is 9.84. The third-order valence-corrected chi connectivity index (χ3v) is 8.29. The first-order valence-corrected chi connectivity index (χ1v) is 13.8. The van der Waals surface area contributed by atoms with Gasteiger partial charge in [0.1, 0.15) is 73.2 Å². The van der Waals surface area contributed by atoms with Crippen LogP contribution in [0.15, 0.2) is 0 Å². The van der Waals surface area contributed by atoms with Gasteiger partial charge in [0.15, 0.2) is 18.9 Å². The lowest BCUT2D eigenvalue weighted by Gasteiger charge is -2.47. The second-order valence-electron chi connectivity index (χ2n) is 11.2. The molecule has 0 bridgehead atoms. The van der Waals surface area contributed by atoms with Crippen LogP contribution in [0.25, 0.3) is 0 Å². The molecule has 4 rings (SSSR count). The van der Waals surface area contributed by atoms with Crippen molar-refractivity contribution >= 4 is 0 Å². The monoisotopic (exact) mass is 615 g/mol. The minimum Gasteiger partial charge on any atom is -0.394 e. The first kappa shape index (κ1) is 34.1. The van der Waals surface area contributed by atoms with Crippen molar-refractivity contribution < 1.29 is 69.3 Å². The summed E-state index contributed by atoms with van der Waals surface area (Å²) >= 11 is 0. The SMILES string of the molecule is NCC1OC(OC2C(N)CC(N)C(O)C2OC2OC(CO)C(OC3OC(CN)C(O)C(O)C3O)C2O)C(N)C(O)C1O. The van der Waals surface area contributed by atoms with E-state index in [4.69, 9.17) is 57.1 Å². The molecule has 0 aromatic heterocycles. The summed E-state index contributed by atoms with van der Waals surface area (Å²) in [6.07, 6.45) is -22.5. The maximum Gasteiger partial charge on any atom is 0.187 e. The van der Waals surface area contributed by atoms with E-state index in [-0.39, 0.29) is 19.5 Å². The molecule has 0 spiro atoms. The van der Waals surface area contributed by atoms with E-state index >= 15 is 0 Å². The molecule has 4 aliphatic rings. The van der Waals surface area contributed by atoms with Crippen molar-refractivity contribution in [3.63, 3.8) is 0 Å². The van der Waals surface area contributed by atoms with Gasteiger partial charge in [0.05, 0.1) is 18.8 Å². The molecular weight excluding hydrogens is 570 g/mol. The molecule has 1 aliphatic carbocycles. The Balaban J connectivity index is 1.50. The van der Waals surface area contributed by atoms with Crippen LogP contribution in [0.4, 0.5) is 0 Å². The molecular formula is C23H45N5O14. The van der Waals surface area contributed by atoms with Gasteiger partial charge in [0.25, 0.3) is 0 Å². The fraction of sp³-hybridized carbons (Fsp3) is 1.00. The van der Waals surface area contributed by atoms with Gasteiger partial charge in [0.2, 0.25) is 0 Å². The third-order valence-electron chi connectivity index (χ3n) is 8.29. The van der Waals surface area contributed by atoms with Crippen LogP contribution < -0.4 is 28.7 Å². The Hall–Kier alpha value is -0.760. The van der Waals surface area contributed by atoms with Crippen molar-refractivity contribution in [3.05, 3.63) is 0 Å². The van der Waals surface area contributed by atoms with Crippen LogP contribution in [0.5, 0.6) is 0 Å². The topological polar surface area (TPSA) is 347 Å². The van der Waals surface area contributed by atoms with Crippen molar-refractivity contribution in [3.8, 4) is 0 Å². The highest BCUT2D eigenvalue weighted by molar-refractivity contribution is 5.02. The van der Waals surface area contributed by atoms with Gasteiger partial charge in [-0.05, 0) is 6.42 Å². The number of hydrogen-bond donors (Lipinski definition) is 13. The van der Waals surface area contributed by atoms with E-state index in [2.05, 4.69) is 0 Å². The molecule has 0 aromatic carbocycles. The van der Waals surface area contributed by atoms with E-state index in [1.807, 2.05) is 0 Å². The number of nitrogens with two attached hydrogens (primary N) is 5. The summed E-state index contributed by atoms with van der Waals surface area (Å²) in [5, 5.41) is 83.0. The molecule has 4 fully saturated rings. The second kappa shape index (κ2) is 14.1. The Morgan fingerprint density at radius 1 is 0.524 bits per heavy atom. The lowest BCUT2D eigenvalue weighted by Crippen LogP contribution is -2.68. The molecule has 246 valence electrons. The highest BCUT2D eigenvalue weighted by Gasteiger charge is 2.54. The Morgan fingerprint density at radius 2 is 1.02 bits per heavy atom. The zero-order valence-electron chi connectivity index (χ0n) is 22.7. The highest BCUT2D eigenvalue weighted by atomic mass is 16.8. The minimum atomic E-state index is -1.74. The average molecular weight is 616 g/mol. The van der Waals surface area contributed by atoms with E-state index in [9.17, 15) is 40.9 Å². The summed E-state index contributed by atoms with van der Waals surface area (Å²) in [4.78, 5) is 0. The van der Waals surface area contributed by atoms with Crippen LogP contribution in [0, 0.1) is 0 Å². The van der Waals surface area contributed by atoms with Crippen molar-refractivity contribution in [1.82, 2.24) is 0 Å². The number of aliphatic hydroxyl groups excluding tert-OH is 8. The molecule has 19 unspecified atom stereocenters. The third kappa shape index (κ3) is 6.60. The van der Waals surface area contributed by atoms with Crippen molar-refractivity contribution in [2.75, 3.05) is 19.7 Å². The van der Waals surface area contributed by atoms with Gasteiger partial charge in [0, 0.05) is 25.2 Å². The van der Waals surface area contributed by atoms with Crippen molar-refractivity contribution in [1.29, 1.82) is 0 Å². The van der Waals surface area contributed by atoms with Crippen LogP contribution in [0.2, 0.25) is 0 Å². The minimum absolute atomic E-state index is 0.0750. The van der Waals surface area contributed by atoms with Crippen molar-refractivity contribution in [2.45, 2.75) is 123 Å². The van der Waals surface area contributed by atoms with Crippen LogP contribution in [-0.4, -0.2) is 177 Å². The smallest absolute Gasteiger partial charge is 0.187 e. The molecule has 18 N–H and O–H groups in total. The summed E-state index contributed by atoms with van der Waals surface area (Å²) < 4.78 is 34.3. The maximum atomic E-state index is 11.1. The predicted octanol–water partition coefficient (Wildman–Crippen LogP) is -8.86. The van der Waals surface area contributed by atoms with E-state index < -0.39 is 123 Å². The first-order chi connectivity index (χ1) is 19.8. The largest absolute Gasteiger partial charge is 0.394 e. The first-order valence-electron chi connectivity index (χ1n) is 13.8. The van der Waals surface area contributed by atoms with Crippen LogP contribution >= 0.6 is 0 Å². The Labute approximate surface area is 240 Å². The lowest BCUT2D eigenvalue weighted by molar-refractivity contribution is -0.314. The summed E-state index contributed by atoms with van der Waals surface area (Å²) in [5.74, 6) is 0. The molecule has 3 saturated heterocycles. The van der Waals surface area contributed by atoms with Crippen LogP contribution in [0.3, 0.4) is 0 Å². The van der Waals surface area contributed by atoms with Gasteiger partial charge >= 0.3 is 0 Å². The number of rotatable bonds is 9. The predicted molar refractivity (Wildman–Crippen MR) is 136 cm³/mol. The maximum absolute atomic E-state index is 11.1. The fourth-order valence-corrected chi connectivity index (χ4v) is 5.70. The van der Waals surface area contributed by atoms with Gasteiger partial charge in [-0.25, -0.2) is 0 Å². The second-order valence-corrected chi connectivity index (χ2v) is 11.2. The van der Waals surface area contributed by atoms with Gasteiger partial charge in [-0.15, -0.1) is 0 Å². The molecule has 0 aromatic rings.